The molecular weight excluding hydrogens is 312 g/mol. The van der Waals surface area contributed by atoms with E-state index in [9.17, 15) is 4.79 Å². The summed E-state index contributed by atoms with van der Waals surface area (Å²) in [6, 6.07) is 13.9. The largest absolute Gasteiger partial charge is 0.496 e. The van der Waals surface area contributed by atoms with Crippen LogP contribution in [0.4, 0.5) is 5.69 Å². The van der Waals surface area contributed by atoms with Gasteiger partial charge in [0.25, 0.3) is 5.91 Å². The van der Waals surface area contributed by atoms with Crippen molar-refractivity contribution in [3.8, 4) is 5.75 Å². The third-order valence-electron chi connectivity index (χ3n) is 4.95. The summed E-state index contributed by atoms with van der Waals surface area (Å²) in [7, 11) is 1.67. The fourth-order valence-electron chi connectivity index (χ4n) is 3.74. The number of anilines is 1. The van der Waals surface area contributed by atoms with Gasteiger partial charge in [-0.05, 0) is 30.0 Å². The quantitative estimate of drug-likeness (QED) is 0.878. The van der Waals surface area contributed by atoms with E-state index < -0.39 is 0 Å². The first-order chi connectivity index (χ1) is 12.2. The average Bonchev–Trinajstić information content (AvgIpc) is 2.68. The minimum atomic E-state index is -0.181. The number of amides is 1. The zero-order valence-corrected chi connectivity index (χ0v) is 15.4. The molecule has 4 nitrogen and oxygen atoms in total. The molecule has 1 N–H and O–H groups in total. The van der Waals surface area contributed by atoms with E-state index in [1.807, 2.05) is 50.2 Å². The van der Waals surface area contributed by atoms with Gasteiger partial charge in [-0.3, -0.25) is 4.79 Å². The Morgan fingerprint density at radius 2 is 1.80 bits per heavy atom. The first-order valence-corrected chi connectivity index (χ1v) is 9.04. The number of nitrogens with one attached hydrogen (secondary N) is 1. The molecule has 0 saturated carbocycles. The standard InChI is InChI=1S/C19H20N2O2.C2H6/c1-12-10-11-21-17-13(12)7-5-8-15(17)19(22)20-18(21)14-6-3-4-9-16(14)23-2;1-2/h3-9,12,18H,10-11H2,1-2H3,(H,20,22);1-2H3/t12-,18-;/m0./s1. The number of benzene rings is 2. The van der Waals surface area contributed by atoms with Crippen LogP contribution in [-0.4, -0.2) is 19.6 Å². The molecule has 4 heteroatoms. The smallest absolute Gasteiger partial charge is 0.255 e. The molecule has 2 heterocycles. The predicted molar refractivity (Wildman–Crippen MR) is 101 cm³/mol. The van der Waals surface area contributed by atoms with Crippen LogP contribution in [0.15, 0.2) is 42.5 Å². The van der Waals surface area contributed by atoms with Crippen molar-refractivity contribution < 1.29 is 9.53 Å². The summed E-state index contributed by atoms with van der Waals surface area (Å²) >= 11 is 0. The highest BCUT2D eigenvalue weighted by Crippen LogP contribution is 2.44. The van der Waals surface area contributed by atoms with Crippen LogP contribution in [0.5, 0.6) is 5.75 Å². The fraction of sp³-hybridized carbons (Fsp3) is 0.381. The Morgan fingerprint density at radius 3 is 2.56 bits per heavy atom. The van der Waals surface area contributed by atoms with Crippen LogP contribution in [0.1, 0.15) is 60.8 Å². The summed E-state index contributed by atoms with van der Waals surface area (Å²) in [5.41, 5.74) is 4.13. The van der Waals surface area contributed by atoms with Crippen molar-refractivity contribution in [2.75, 3.05) is 18.6 Å². The molecule has 2 atom stereocenters. The van der Waals surface area contributed by atoms with Gasteiger partial charge < -0.3 is 15.0 Å². The lowest BCUT2D eigenvalue weighted by Gasteiger charge is -2.44. The Morgan fingerprint density at radius 1 is 1.08 bits per heavy atom. The molecule has 132 valence electrons. The molecule has 1 amide bonds. The van der Waals surface area contributed by atoms with Crippen LogP contribution in [0.3, 0.4) is 0 Å². The number of ether oxygens (including phenoxy) is 1. The van der Waals surface area contributed by atoms with Gasteiger partial charge in [0.05, 0.1) is 18.4 Å². The van der Waals surface area contributed by atoms with Crippen LogP contribution < -0.4 is 15.0 Å². The first kappa shape index (κ1) is 17.3. The number of nitrogens with zero attached hydrogens (tertiary/aromatic N) is 1. The molecule has 2 aromatic carbocycles. The minimum absolute atomic E-state index is 0.0110. The Bertz CT molecular complexity index is 772. The monoisotopic (exact) mass is 338 g/mol. The van der Waals surface area contributed by atoms with Gasteiger partial charge in [-0.25, -0.2) is 0 Å². The highest BCUT2D eigenvalue weighted by molar-refractivity contribution is 6.03. The predicted octanol–water partition coefficient (Wildman–Crippen LogP) is 4.48. The number of carbonyl (C=O) groups is 1. The summed E-state index contributed by atoms with van der Waals surface area (Å²) in [6.07, 6.45) is 0.901. The van der Waals surface area contributed by atoms with Crippen LogP contribution in [0, 0.1) is 0 Å². The van der Waals surface area contributed by atoms with E-state index in [0.717, 1.165) is 35.5 Å². The maximum absolute atomic E-state index is 12.6. The summed E-state index contributed by atoms with van der Waals surface area (Å²) in [4.78, 5) is 14.9. The van der Waals surface area contributed by atoms with Crippen molar-refractivity contribution in [3.05, 3.63) is 59.2 Å². The number of para-hydroxylation sites is 2. The Hall–Kier alpha value is -2.49. The molecule has 0 fully saturated rings. The van der Waals surface area contributed by atoms with Gasteiger partial charge in [-0.1, -0.05) is 51.1 Å². The Labute approximate surface area is 149 Å². The van der Waals surface area contributed by atoms with E-state index in [1.54, 1.807) is 7.11 Å². The number of hydrogen-bond donors (Lipinski definition) is 1. The van der Waals surface area contributed by atoms with Gasteiger partial charge in [0.2, 0.25) is 0 Å². The summed E-state index contributed by atoms with van der Waals surface area (Å²) in [5, 5.41) is 3.15. The SMILES string of the molecule is CC.COc1ccccc1[C@H]1NC(=O)c2cccc3c2N1CC[C@@H]3C. The van der Waals surface area contributed by atoms with E-state index in [4.69, 9.17) is 4.74 Å². The van der Waals surface area contributed by atoms with E-state index >= 15 is 0 Å². The van der Waals surface area contributed by atoms with Crippen molar-refractivity contribution in [2.45, 2.75) is 39.3 Å². The topological polar surface area (TPSA) is 41.6 Å². The zero-order chi connectivity index (χ0) is 18.0. The molecule has 0 aromatic heterocycles. The highest BCUT2D eigenvalue weighted by Gasteiger charge is 2.37. The molecule has 2 aliphatic heterocycles. The van der Waals surface area contributed by atoms with Crippen molar-refractivity contribution in [1.29, 1.82) is 0 Å². The molecule has 2 aromatic rings. The normalized spacial score (nSPS) is 20.8. The zero-order valence-electron chi connectivity index (χ0n) is 15.4. The van der Waals surface area contributed by atoms with Gasteiger partial charge in [0, 0.05) is 12.1 Å². The molecule has 0 radical (unpaired) electrons. The van der Waals surface area contributed by atoms with Crippen molar-refractivity contribution in [3.63, 3.8) is 0 Å². The lowest BCUT2D eigenvalue weighted by atomic mass is 9.87. The second kappa shape index (κ2) is 7.18. The highest BCUT2D eigenvalue weighted by atomic mass is 16.5. The second-order valence-corrected chi connectivity index (χ2v) is 6.24. The van der Waals surface area contributed by atoms with Crippen molar-refractivity contribution >= 4 is 11.6 Å². The van der Waals surface area contributed by atoms with Gasteiger partial charge in [-0.2, -0.15) is 0 Å². The third kappa shape index (κ3) is 2.86. The van der Waals surface area contributed by atoms with Crippen LogP contribution in [-0.2, 0) is 0 Å². The molecule has 0 saturated heterocycles. The second-order valence-electron chi connectivity index (χ2n) is 6.24. The lowest BCUT2D eigenvalue weighted by Crippen LogP contribution is -2.49. The van der Waals surface area contributed by atoms with Gasteiger partial charge in [-0.15, -0.1) is 0 Å². The third-order valence-corrected chi connectivity index (χ3v) is 4.95. The maximum atomic E-state index is 12.6. The molecule has 2 aliphatic rings. The van der Waals surface area contributed by atoms with Crippen LogP contribution in [0.2, 0.25) is 0 Å². The van der Waals surface area contributed by atoms with E-state index in [2.05, 4.69) is 23.2 Å². The summed E-state index contributed by atoms with van der Waals surface area (Å²) < 4.78 is 5.51. The Balaban J connectivity index is 0.000000880. The van der Waals surface area contributed by atoms with Gasteiger partial charge >= 0.3 is 0 Å². The fourth-order valence-corrected chi connectivity index (χ4v) is 3.74. The van der Waals surface area contributed by atoms with Gasteiger partial charge in [0.1, 0.15) is 11.9 Å². The molecule has 0 spiro atoms. The van der Waals surface area contributed by atoms with Gasteiger partial charge in [0.15, 0.2) is 0 Å². The summed E-state index contributed by atoms with van der Waals surface area (Å²) in [6.45, 7) is 7.16. The number of carbonyl (C=O) groups excluding carboxylic acids is 1. The maximum Gasteiger partial charge on any atom is 0.255 e. The summed E-state index contributed by atoms with van der Waals surface area (Å²) in [5.74, 6) is 1.27. The molecule has 0 aliphatic carbocycles. The van der Waals surface area contributed by atoms with E-state index in [-0.39, 0.29) is 12.1 Å². The number of methoxy groups -OCH3 is 1. The average molecular weight is 338 g/mol. The molecular formula is C21H26N2O2. The van der Waals surface area contributed by atoms with E-state index in [1.165, 1.54) is 5.56 Å². The molecule has 4 rings (SSSR count). The van der Waals surface area contributed by atoms with E-state index in [0.29, 0.717) is 5.92 Å². The minimum Gasteiger partial charge on any atom is -0.496 e. The van der Waals surface area contributed by atoms with Crippen LogP contribution in [0.25, 0.3) is 0 Å². The molecule has 25 heavy (non-hydrogen) atoms. The number of hydrogen-bond acceptors (Lipinski definition) is 3. The first-order valence-electron chi connectivity index (χ1n) is 9.04. The van der Waals surface area contributed by atoms with Crippen molar-refractivity contribution in [1.82, 2.24) is 5.32 Å². The molecule has 0 bridgehead atoms. The number of rotatable bonds is 2. The van der Waals surface area contributed by atoms with Crippen LogP contribution >= 0.6 is 0 Å². The Kier molecular flexibility index (Phi) is 4.98. The lowest BCUT2D eigenvalue weighted by molar-refractivity contribution is 0.0924. The molecule has 0 unspecified atom stereocenters. The van der Waals surface area contributed by atoms with Crippen molar-refractivity contribution in [2.24, 2.45) is 0 Å².